The zero-order chi connectivity index (χ0) is 11.7. The summed E-state index contributed by atoms with van der Waals surface area (Å²) in [4.78, 5) is 0. The standard InChI is InChI=1S/C11H25NO3/c1-9(2)11(8-15-4)12-6-5-10(13)7-14-3/h9-13H,5-8H2,1-4H3. The first-order chi connectivity index (χ1) is 7.11. The molecule has 0 aliphatic heterocycles. The first-order valence-corrected chi connectivity index (χ1v) is 5.51. The topological polar surface area (TPSA) is 50.7 Å². The zero-order valence-electron chi connectivity index (χ0n) is 10.3. The number of aliphatic hydroxyl groups excluding tert-OH is 1. The van der Waals surface area contributed by atoms with Crippen LogP contribution in [0, 0.1) is 5.92 Å². The van der Waals surface area contributed by atoms with E-state index in [-0.39, 0.29) is 6.10 Å². The van der Waals surface area contributed by atoms with Gasteiger partial charge in [-0.3, -0.25) is 0 Å². The van der Waals surface area contributed by atoms with Crippen molar-refractivity contribution >= 4 is 0 Å². The van der Waals surface area contributed by atoms with Gasteiger partial charge in [0.1, 0.15) is 0 Å². The highest BCUT2D eigenvalue weighted by Crippen LogP contribution is 2.02. The molecule has 0 aromatic rings. The molecule has 92 valence electrons. The monoisotopic (exact) mass is 219 g/mol. The molecule has 0 radical (unpaired) electrons. The van der Waals surface area contributed by atoms with Crippen LogP contribution in [-0.2, 0) is 9.47 Å². The molecule has 2 unspecified atom stereocenters. The van der Waals surface area contributed by atoms with Crippen molar-refractivity contribution in [1.82, 2.24) is 5.32 Å². The molecule has 0 rings (SSSR count). The molecule has 2 atom stereocenters. The number of nitrogens with one attached hydrogen (secondary N) is 1. The van der Waals surface area contributed by atoms with E-state index in [2.05, 4.69) is 19.2 Å². The van der Waals surface area contributed by atoms with Crippen LogP contribution in [-0.4, -0.2) is 51.2 Å². The van der Waals surface area contributed by atoms with E-state index in [1.165, 1.54) is 0 Å². The van der Waals surface area contributed by atoms with Crippen molar-refractivity contribution in [2.45, 2.75) is 32.4 Å². The molecule has 0 aliphatic rings. The van der Waals surface area contributed by atoms with E-state index in [0.29, 0.717) is 31.6 Å². The van der Waals surface area contributed by atoms with Gasteiger partial charge in [-0.1, -0.05) is 13.8 Å². The van der Waals surface area contributed by atoms with Crippen molar-refractivity contribution in [1.29, 1.82) is 0 Å². The van der Waals surface area contributed by atoms with E-state index >= 15 is 0 Å². The van der Waals surface area contributed by atoms with E-state index in [1.807, 2.05) is 0 Å². The second kappa shape index (κ2) is 9.09. The zero-order valence-corrected chi connectivity index (χ0v) is 10.3. The molecule has 0 fully saturated rings. The minimum atomic E-state index is -0.377. The third kappa shape index (κ3) is 7.73. The van der Waals surface area contributed by atoms with Gasteiger partial charge in [-0.2, -0.15) is 0 Å². The van der Waals surface area contributed by atoms with Crippen LogP contribution in [0.2, 0.25) is 0 Å². The Morgan fingerprint density at radius 1 is 1.13 bits per heavy atom. The van der Waals surface area contributed by atoms with Gasteiger partial charge in [-0.05, 0) is 18.9 Å². The maximum Gasteiger partial charge on any atom is 0.0785 e. The molecule has 0 amide bonds. The fourth-order valence-corrected chi connectivity index (χ4v) is 1.38. The fourth-order valence-electron chi connectivity index (χ4n) is 1.38. The Bertz CT molecular complexity index is 142. The second-order valence-corrected chi connectivity index (χ2v) is 4.16. The molecule has 0 aromatic heterocycles. The van der Waals surface area contributed by atoms with Gasteiger partial charge in [-0.15, -0.1) is 0 Å². The number of hydrogen-bond acceptors (Lipinski definition) is 4. The van der Waals surface area contributed by atoms with Gasteiger partial charge in [0.15, 0.2) is 0 Å². The summed E-state index contributed by atoms with van der Waals surface area (Å²) < 4.78 is 9.97. The summed E-state index contributed by atoms with van der Waals surface area (Å²) in [6.45, 7) is 6.21. The van der Waals surface area contributed by atoms with Gasteiger partial charge in [-0.25, -0.2) is 0 Å². The molecule has 0 bridgehead atoms. The predicted octanol–water partition coefficient (Wildman–Crippen LogP) is 0.644. The van der Waals surface area contributed by atoms with Crippen molar-refractivity contribution in [3.63, 3.8) is 0 Å². The number of hydrogen-bond donors (Lipinski definition) is 2. The summed E-state index contributed by atoms with van der Waals surface area (Å²) in [5.74, 6) is 0.532. The first-order valence-electron chi connectivity index (χ1n) is 5.51. The normalized spacial score (nSPS) is 15.6. The minimum Gasteiger partial charge on any atom is -0.391 e. The molecule has 15 heavy (non-hydrogen) atoms. The lowest BCUT2D eigenvalue weighted by Gasteiger charge is -2.22. The maximum absolute atomic E-state index is 9.43. The summed E-state index contributed by atoms with van der Waals surface area (Å²) in [6.07, 6.45) is 0.332. The van der Waals surface area contributed by atoms with E-state index < -0.39 is 0 Å². The van der Waals surface area contributed by atoms with E-state index in [0.717, 1.165) is 6.54 Å². The molecule has 0 aromatic carbocycles. The molecule has 4 nitrogen and oxygen atoms in total. The molecule has 0 heterocycles. The van der Waals surface area contributed by atoms with Gasteiger partial charge in [0.05, 0.1) is 19.3 Å². The quantitative estimate of drug-likeness (QED) is 0.597. The summed E-state index contributed by atoms with van der Waals surface area (Å²) >= 11 is 0. The van der Waals surface area contributed by atoms with Crippen molar-refractivity contribution in [3.05, 3.63) is 0 Å². The fraction of sp³-hybridized carbons (Fsp3) is 1.00. The highest BCUT2D eigenvalue weighted by atomic mass is 16.5. The van der Waals surface area contributed by atoms with Crippen LogP contribution in [0.1, 0.15) is 20.3 Å². The van der Waals surface area contributed by atoms with Crippen molar-refractivity contribution < 1.29 is 14.6 Å². The van der Waals surface area contributed by atoms with Crippen LogP contribution in [0.15, 0.2) is 0 Å². The third-order valence-corrected chi connectivity index (χ3v) is 2.39. The largest absolute Gasteiger partial charge is 0.391 e. The van der Waals surface area contributed by atoms with Gasteiger partial charge < -0.3 is 19.9 Å². The van der Waals surface area contributed by atoms with Crippen LogP contribution in [0.25, 0.3) is 0 Å². The number of methoxy groups -OCH3 is 2. The van der Waals surface area contributed by atoms with E-state index in [4.69, 9.17) is 9.47 Å². The molecule has 0 saturated carbocycles. The number of aliphatic hydroxyl groups is 1. The van der Waals surface area contributed by atoms with Gasteiger partial charge in [0.25, 0.3) is 0 Å². The Labute approximate surface area is 93.0 Å². The lowest BCUT2D eigenvalue weighted by Crippen LogP contribution is -2.39. The van der Waals surface area contributed by atoms with Gasteiger partial charge in [0.2, 0.25) is 0 Å². The smallest absolute Gasteiger partial charge is 0.0785 e. The molecule has 0 aliphatic carbocycles. The lowest BCUT2D eigenvalue weighted by molar-refractivity contribution is 0.0573. The Hall–Kier alpha value is -0.160. The average Bonchev–Trinajstić information content (AvgIpc) is 2.16. The Kier molecular flexibility index (Phi) is 9.00. The van der Waals surface area contributed by atoms with Crippen LogP contribution in [0.3, 0.4) is 0 Å². The molecular weight excluding hydrogens is 194 g/mol. The molecule has 0 saturated heterocycles. The molecule has 4 heteroatoms. The predicted molar refractivity (Wildman–Crippen MR) is 61.0 cm³/mol. The highest BCUT2D eigenvalue weighted by Gasteiger charge is 2.12. The average molecular weight is 219 g/mol. The molecule has 0 spiro atoms. The SMILES string of the molecule is COCC(O)CCNC(COC)C(C)C. The number of rotatable bonds is 9. The van der Waals surface area contributed by atoms with Crippen LogP contribution in [0.4, 0.5) is 0 Å². The lowest BCUT2D eigenvalue weighted by atomic mass is 10.1. The Morgan fingerprint density at radius 2 is 1.73 bits per heavy atom. The number of ether oxygens (including phenoxy) is 2. The first kappa shape index (κ1) is 14.8. The summed E-state index contributed by atoms with van der Waals surface area (Å²) in [6, 6.07) is 0.352. The Morgan fingerprint density at radius 3 is 2.20 bits per heavy atom. The van der Waals surface area contributed by atoms with Crippen molar-refractivity contribution in [3.8, 4) is 0 Å². The summed E-state index contributed by atoms with van der Waals surface area (Å²) in [5, 5.41) is 12.8. The summed E-state index contributed by atoms with van der Waals surface area (Å²) in [5.41, 5.74) is 0. The van der Waals surface area contributed by atoms with Crippen molar-refractivity contribution in [2.75, 3.05) is 34.0 Å². The minimum absolute atomic E-state index is 0.352. The molecule has 2 N–H and O–H groups in total. The van der Waals surface area contributed by atoms with Crippen LogP contribution < -0.4 is 5.32 Å². The van der Waals surface area contributed by atoms with Gasteiger partial charge in [0, 0.05) is 20.3 Å². The maximum atomic E-state index is 9.43. The van der Waals surface area contributed by atoms with Crippen LogP contribution >= 0.6 is 0 Å². The van der Waals surface area contributed by atoms with Crippen LogP contribution in [0.5, 0.6) is 0 Å². The second-order valence-electron chi connectivity index (χ2n) is 4.16. The van der Waals surface area contributed by atoms with E-state index in [1.54, 1.807) is 14.2 Å². The van der Waals surface area contributed by atoms with E-state index in [9.17, 15) is 5.11 Å². The highest BCUT2D eigenvalue weighted by molar-refractivity contribution is 4.70. The molecular formula is C11H25NO3. The van der Waals surface area contributed by atoms with Gasteiger partial charge >= 0.3 is 0 Å². The summed E-state index contributed by atoms with van der Waals surface area (Å²) in [7, 11) is 3.30. The third-order valence-electron chi connectivity index (χ3n) is 2.39. The Balaban J connectivity index is 3.61. The van der Waals surface area contributed by atoms with Crippen molar-refractivity contribution in [2.24, 2.45) is 5.92 Å².